The van der Waals surface area contributed by atoms with Crippen molar-refractivity contribution in [2.75, 3.05) is 33.4 Å². The van der Waals surface area contributed by atoms with Gasteiger partial charge in [0, 0.05) is 31.7 Å². The molecule has 1 fully saturated rings. The monoisotopic (exact) mass is 345 g/mol. The smallest absolute Gasteiger partial charge is 0.274 e. The van der Waals surface area contributed by atoms with Crippen molar-refractivity contribution in [3.05, 3.63) is 46.8 Å². The van der Waals surface area contributed by atoms with Gasteiger partial charge in [0.15, 0.2) is 5.69 Å². The van der Waals surface area contributed by atoms with E-state index >= 15 is 0 Å². The molecule has 0 spiro atoms. The number of aryl methyl sites for hydroxylation is 1. The molecule has 2 heterocycles. The minimum Gasteiger partial charge on any atom is -0.497 e. The second kappa shape index (κ2) is 8.13. The molecule has 1 aromatic heterocycles. The van der Waals surface area contributed by atoms with E-state index < -0.39 is 0 Å². The highest BCUT2D eigenvalue weighted by Gasteiger charge is 2.22. The number of carbonyl (C=O) groups is 1. The van der Waals surface area contributed by atoms with E-state index in [1.807, 2.05) is 31.2 Å². The summed E-state index contributed by atoms with van der Waals surface area (Å²) in [6.45, 7) is 5.98. The van der Waals surface area contributed by atoms with E-state index in [2.05, 4.69) is 15.4 Å². The molecule has 0 bridgehead atoms. The van der Waals surface area contributed by atoms with Crippen LogP contribution in [0.2, 0.25) is 0 Å². The molecular weight excluding hydrogens is 322 g/mol. The third-order valence-corrected chi connectivity index (χ3v) is 4.27. The van der Waals surface area contributed by atoms with E-state index in [9.17, 15) is 4.79 Å². The van der Waals surface area contributed by atoms with Crippen molar-refractivity contribution in [1.29, 1.82) is 0 Å². The molecule has 0 unspecified atom stereocenters. The first-order valence-electron chi connectivity index (χ1n) is 8.33. The molecule has 1 aliphatic heterocycles. The fraction of sp³-hybridized carbons (Fsp3) is 0.444. The largest absolute Gasteiger partial charge is 0.497 e. The van der Waals surface area contributed by atoms with Crippen LogP contribution in [0.1, 0.15) is 27.4 Å². The molecule has 7 heteroatoms. The van der Waals surface area contributed by atoms with Crippen LogP contribution in [0.25, 0.3) is 0 Å². The Kier molecular flexibility index (Phi) is 5.67. The van der Waals surface area contributed by atoms with E-state index in [1.165, 1.54) is 0 Å². The van der Waals surface area contributed by atoms with Gasteiger partial charge in [-0.05, 0) is 24.6 Å². The summed E-state index contributed by atoms with van der Waals surface area (Å²) in [5, 5.41) is 6.85. The SMILES string of the molecule is COc1cccc(CNC(=O)c2noc(C)c2CN2CCOCC2)c1. The Bertz CT molecular complexity index is 723. The molecule has 0 saturated carbocycles. The predicted molar refractivity (Wildman–Crippen MR) is 91.5 cm³/mol. The van der Waals surface area contributed by atoms with Gasteiger partial charge in [-0.3, -0.25) is 9.69 Å². The van der Waals surface area contributed by atoms with Crippen LogP contribution >= 0.6 is 0 Å². The zero-order chi connectivity index (χ0) is 17.6. The molecule has 25 heavy (non-hydrogen) atoms. The molecule has 0 radical (unpaired) electrons. The lowest BCUT2D eigenvalue weighted by molar-refractivity contribution is 0.0339. The Morgan fingerprint density at radius 2 is 2.16 bits per heavy atom. The maximum Gasteiger partial charge on any atom is 0.274 e. The van der Waals surface area contributed by atoms with Crippen LogP contribution in [0.4, 0.5) is 0 Å². The number of ether oxygens (including phenoxy) is 2. The lowest BCUT2D eigenvalue weighted by atomic mass is 10.1. The molecule has 1 aliphatic rings. The average Bonchev–Trinajstić information content (AvgIpc) is 3.01. The van der Waals surface area contributed by atoms with Gasteiger partial charge < -0.3 is 19.3 Å². The van der Waals surface area contributed by atoms with Crippen molar-refractivity contribution in [2.24, 2.45) is 0 Å². The van der Waals surface area contributed by atoms with Gasteiger partial charge in [-0.2, -0.15) is 0 Å². The fourth-order valence-electron chi connectivity index (χ4n) is 2.79. The second-order valence-corrected chi connectivity index (χ2v) is 5.99. The number of carbonyl (C=O) groups excluding carboxylic acids is 1. The number of benzene rings is 1. The molecule has 1 aromatic carbocycles. The molecule has 134 valence electrons. The van der Waals surface area contributed by atoms with Crippen molar-refractivity contribution in [2.45, 2.75) is 20.0 Å². The first kappa shape index (κ1) is 17.4. The number of hydrogen-bond acceptors (Lipinski definition) is 6. The fourth-order valence-corrected chi connectivity index (χ4v) is 2.79. The number of nitrogens with one attached hydrogen (secondary N) is 1. The van der Waals surface area contributed by atoms with Crippen molar-refractivity contribution >= 4 is 5.91 Å². The van der Waals surface area contributed by atoms with Crippen molar-refractivity contribution < 1.29 is 18.8 Å². The van der Waals surface area contributed by atoms with Crippen molar-refractivity contribution in [3.63, 3.8) is 0 Å². The molecule has 1 N–H and O–H groups in total. The maximum absolute atomic E-state index is 12.5. The molecule has 1 amide bonds. The molecule has 2 aromatic rings. The number of methoxy groups -OCH3 is 1. The van der Waals surface area contributed by atoms with Crippen LogP contribution in [-0.2, 0) is 17.8 Å². The van der Waals surface area contributed by atoms with Gasteiger partial charge in [-0.15, -0.1) is 0 Å². The van der Waals surface area contributed by atoms with Gasteiger partial charge in [0.1, 0.15) is 11.5 Å². The number of nitrogens with zero attached hydrogens (tertiary/aromatic N) is 2. The van der Waals surface area contributed by atoms with E-state index in [4.69, 9.17) is 14.0 Å². The molecule has 3 rings (SSSR count). The number of rotatable bonds is 6. The van der Waals surface area contributed by atoms with E-state index in [1.54, 1.807) is 7.11 Å². The maximum atomic E-state index is 12.5. The second-order valence-electron chi connectivity index (χ2n) is 5.99. The minimum atomic E-state index is -0.233. The van der Waals surface area contributed by atoms with E-state index in [-0.39, 0.29) is 5.91 Å². The van der Waals surface area contributed by atoms with Gasteiger partial charge in [-0.1, -0.05) is 17.3 Å². The summed E-state index contributed by atoms with van der Waals surface area (Å²) in [6, 6.07) is 7.59. The normalized spacial score (nSPS) is 15.1. The summed E-state index contributed by atoms with van der Waals surface area (Å²) in [5.74, 6) is 1.21. The quantitative estimate of drug-likeness (QED) is 0.860. The Balaban J connectivity index is 1.65. The van der Waals surface area contributed by atoms with Gasteiger partial charge in [0.05, 0.1) is 20.3 Å². The lowest BCUT2D eigenvalue weighted by Gasteiger charge is -2.26. The zero-order valence-electron chi connectivity index (χ0n) is 14.6. The van der Waals surface area contributed by atoms with Crippen LogP contribution in [0.3, 0.4) is 0 Å². The predicted octanol–water partition coefficient (Wildman–Crippen LogP) is 1.75. The van der Waals surface area contributed by atoms with Gasteiger partial charge >= 0.3 is 0 Å². The molecule has 7 nitrogen and oxygen atoms in total. The lowest BCUT2D eigenvalue weighted by Crippen LogP contribution is -2.36. The molecule has 1 saturated heterocycles. The van der Waals surface area contributed by atoms with Crippen molar-refractivity contribution in [1.82, 2.24) is 15.4 Å². The van der Waals surface area contributed by atoms with Crippen LogP contribution in [0.5, 0.6) is 5.75 Å². The molecular formula is C18H23N3O4. The number of hydrogen-bond donors (Lipinski definition) is 1. The summed E-state index contributed by atoms with van der Waals surface area (Å²) in [5.41, 5.74) is 2.15. The summed E-state index contributed by atoms with van der Waals surface area (Å²) in [6.07, 6.45) is 0. The Labute approximate surface area is 146 Å². The zero-order valence-corrected chi connectivity index (χ0v) is 14.6. The highest BCUT2D eigenvalue weighted by molar-refractivity contribution is 5.93. The van der Waals surface area contributed by atoms with Gasteiger partial charge in [-0.25, -0.2) is 0 Å². The summed E-state index contributed by atoms with van der Waals surface area (Å²) < 4.78 is 15.8. The van der Waals surface area contributed by atoms with Crippen LogP contribution in [-0.4, -0.2) is 49.4 Å². The van der Waals surface area contributed by atoms with E-state index in [0.717, 1.165) is 30.0 Å². The topological polar surface area (TPSA) is 76.8 Å². The van der Waals surface area contributed by atoms with Crippen LogP contribution in [0, 0.1) is 6.92 Å². The number of aromatic nitrogens is 1. The third-order valence-electron chi connectivity index (χ3n) is 4.27. The first-order chi connectivity index (χ1) is 12.2. The first-order valence-corrected chi connectivity index (χ1v) is 8.33. The number of morpholine rings is 1. The molecule has 0 atom stereocenters. The average molecular weight is 345 g/mol. The molecule has 0 aliphatic carbocycles. The van der Waals surface area contributed by atoms with Crippen molar-refractivity contribution in [3.8, 4) is 5.75 Å². The van der Waals surface area contributed by atoms with Crippen LogP contribution < -0.4 is 10.1 Å². The Morgan fingerprint density at radius 3 is 2.92 bits per heavy atom. The standard InChI is InChI=1S/C18H23N3O4/c1-13-16(12-21-6-8-24-9-7-21)17(20-25-13)18(22)19-11-14-4-3-5-15(10-14)23-2/h3-5,10H,6-9,11-12H2,1-2H3,(H,19,22). The third kappa shape index (κ3) is 4.37. The van der Waals surface area contributed by atoms with Gasteiger partial charge in [0.2, 0.25) is 0 Å². The Hall–Kier alpha value is -2.38. The van der Waals surface area contributed by atoms with Crippen LogP contribution in [0.15, 0.2) is 28.8 Å². The Morgan fingerprint density at radius 1 is 1.36 bits per heavy atom. The summed E-state index contributed by atoms with van der Waals surface area (Å²) >= 11 is 0. The van der Waals surface area contributed by atoms with E-state index in [0.29, 0.717) is 37.8 Å². The highest BCUT2D eigenvalue weighted by atomic mass is 16.5. The summed E-state index contributed by atoms with van der Waals surface area (Å²) in [4.78, 5) is 14.8. The number of amides is 1. The van der Waals surface area contributed by atoms with Gasteiger partial charge in [0.25, 0.3) is 5.91 Å². The highest BCUT2D eigenvalue weighted by Crippen LogP contribution is 2.17. The summed E-state index contributed by atoms with van der Waals surface area (Å²) in [7, 11) is 1.62. The minimum absolute atomic E-state index is 0.233.